The van der Waals surface area contributed by atoms with Crippen molar-refractivity contribution in [2.24, 2.45) is 0 Å². The Balaban J connectivity index is 1.73. The van der Waals surface area contributed by atoms with Gasteiger partial charge in [-0.3, -0.25) is 14.8 Å². The fraction of sp³-hybridized carbons (Fsp3) is 0.227. The molecule has 0 atom stereocenters. The second kappa shape index (κ2) is 7.99. The van der Waals surface area contributed by atoms with Crippen molar-refractivity contribution in [2.75, 3.05) is 10.6 Å². The average molecular weight is 360 g/mol. The lowest BCUT2D eigenvalue weighted by Crippen LogP contribution is -2.19. The lowest BCUT2D eigenvalue weighted by Gasteiger charge is -2.23. The summed E-state index contributed by atoms with van der Waals surface area (Å²) >= 11 is 0. The third-order valence-electron chi connectivity index (χ3n) is 4.22. The first-order valence-corrected chi connectivity index (χ1v) is 8.93. The van der Waals surface area contributed by atoms with Gasteiger partial charge >= 0.3 is 0 Å². The standard InChI is InChI=1S/C22H24N4O/c1-22(2,3)18-6-4-5-7-19(18)26-21(27)20-14-17(10-13-24-20)25-15-16-8-11-23-12-9-16/h4-14H,15H2,1-3H3,(H,24,25)(H,26,27). The van der Waals surface area contributed by atoms with Gasteiger partial charge in [-0.15, -0.1) is 0 Å². The molecule has 2 N–H and O–H groups in total. The van der Waals surface area contributed by atoms with Crippen LogP contribution in [0.5, 0.6) is 0 Å². The Morgan fingerprint density at radius 1 is 1.00 bits per heavy atom. The van der Waals surface area contributed by atoms with Crippen LogP contribution in [0, 0.1) is 0 Å². The number of benzene rings is 1. The van der Waals surface area contributed by atoms with Crippen molar-refractivity contribution < 1.29 is 4.79 Å². The van der Waals surface area contributed by atoms with Crippen LogP contribution < -0.4 is 10.6 Å². The molecule has 2 aromatic heterocycles. The predicted molar refractivity (Wildman–Crippen MR) is 109 cm³/mol. The first-order valence-electron chi connectivity index (χ1n) is 8.93. The topological polar surface area (TPSA) is 66.9 Å². The molecule has 0 saturated heterocycles. The Bertz CT molecular complexity index is 917. The molecule has 0 fully saturated rings. The summed E-state index contributed by atoms with van der Waals surface area (Å²) in [6, 6.07) is 15.4. The molecule has 0 aliphatic carbocycles. The highest BCUT2D eigenvalue weighted by Gasteiger charge is 2.19. The molecule has 2 heterocycles. The number of hydrogen-bond acceptors (Lipinski definition) is 4. The third kappa shape index (κ3) is 4.91. The van der Waals surface area contributed by atoms with Gasteiger partial charge in [-0.25, -0.2) is 0 Å². The second-order valence-electron chi connectivity index (χ2n) is 7.39. The summed E-state index contributed by atoms with van der Waals surface area (Å²) in [4.78, 5) is 20.9. The highest BCUT2D eigenvalue weighted by molar-refractivity contribution is 6.03. The molecule has 0 spiro atoms. The molecule has 0 bridgehead atoms. The molecule has 3 rings (SSSR count). The molecule has 0 radical (unpaired) electrons. The molecule has 0 aliphatic rings. The number of pyridine rings is 2. The maximum Gasteiger partial charge on any atom is 0.274 e. The smallest absolute Gasteiger partial charge is 0.274 e. The fourth-order valence-electron chi connectivity index (χ4n) is 2.80. The van der Waals surface area contributed by atoms with Crippen molar-refractivity contribution in [1.82, 2.24) is 9.97 Å². The number of hydrogen-bond donors (Lipinski definition) is 2. The Hall–Kier alpha value is -3.21. The highest BCUT2D eigenvalue weighted by atomic mass is 16.1. The summed E-state index contributed by atoms with van der Waals surface area (Å²) in [6.07, 6.45) is 5.16. The van der Waals surface area contributed by atoms with Gasteiger partial charge in [0, 0.05) is 36.5 Å². The number of nitrogens with one attached hydrogen (secondary N) is 2. The maximum absolute atomic E-state index is 12.7. The van der Waals surface area contributed by atoms with Gasteiger partial charge in [-0.05, 0) is 46.9 Å². The summed E-state index contributed by atoms with van der Waals surface area (Å²) in [5, 5.41) is 6.30. The Morgan fingerprint density at radius 2 is 1.74 bits per heavy atom. The van der Waals surface area contributed by atoms with E-state index in [2.05, 4.69) is 41.4 Å². The van der Waals surface area contributed by atoms with Gasteiger partial charge in [-0.1, -0.05) is 39.0 Å². The Morgan fingerprint density at radius 3 is 2.48 bits per heavy atom. The fourth-order valence-corrected chi connectivity index (χ4v) is 2.80. The zero-order valence-electron chi connectivity index (χ0n) is 15.9. The zero-order valence-corrected chi connectivity index (χ0v) is 15.9. The second-order valence-corrected chi connectivity index (χ2v) is 7.39. The van der Waals surface area contributed by atoms with Crippen molar-refractivity contribution in [2.45, 2.75) is 32.7 Å². The van der Waals surface area contributed by atoms with Gasteiger partial charge in [0.05, 0.1) is 0 Å². The van der Waals surface area contributed by atoms with Crippen LogP contribution in [0.1, 0.15) is 42.4 Å². The van der Waals surface area contributed by atoms with Crippen LogP contribution in [0.25, 0.3) is 0 Å². The van der Waals surface area contributed by atoms with Crippen molar-refractivity contribution in [1.29, 1.82) is 0 Å². The summed E-state index contributed by atoms with van der Waals surface area (Å²) in [7, 11) is 0. The Labute approximate surface area is 159 Å². The van der Waals surface area contributed by atoms with E-state index in [0.717, 1.165) is 22.5 Å². The lowest BCUT2D eigenvalue weighted by atomic mass is 9.86. The quantitative estimate of drug-likeness (QED) is 0.696. The number of amides is 1. The number of carbonyl (C=O) groups excluding carboxylic acids is 1. The zero-order chi connectivity index (χ0) is 19.3. The first kappa shape index (κ1) is 18.6. The normalized spacial score (nSPS) is 11.1. The van der Waals surface area contributed by atoms with Crippen molar-refractivity contribution >= 4 is 17.3 Å². The SMILES string of the molecule is CC(C)(C)c1ccccc1NC(=O)c1cc(NCc2ccncc2)ccn1. The third-order valence-corrected chi connectivity index (χ3v) is 4.22. The van der Waals surface area contributed by atoms with E-state index in [0.29, 0.717) is 12.2 Å². The number of anilines is 2. The molecule has 1 amide bonds. The molecule has 3 aromatic rings. The number of carbonyl (C=O) groups is 1. The van der Waals surface area contributed by atoms with Gasteiger partial charge in [0.2, 0.25) is 0 Å². The number of para-hydroxylation sites is 1. The summed E-state index contributed by atoms with van der Waals surface area (Å²) in [5.41, 5.74) is 4.17. The summed E-state index contributed by atoms with van der Waals surface area (Å²) in [5.74, 6) is -0.223. The molecule has 0 unspecified atom stereocenters. The molecule has 138 valence electrons. The van der Waals surface area contributed by atoms with Crippen molar-refractivity contribution in [3.05, 3.63) is 83.9 Å². The lowest BCUT2D eigenvalue weighted by molar-refractivity contribution is 0.102. The Kier molecular flexibility index (Phi) is 5.50. The van der Waals surface area contributed by atoms with Crippen molar-refractivity contribution in [3.8, 4) is 0 Å². The van der Waals surface area contributed by atoms with E-state index in [9.17, 15) is 4.79 Å². The average Bonchev–Trinajstić information content (AvgIpc) is 2.67. The monoisotopic (exact) mass is 360 g/mol. The molecule has 5 nitrogen and oxygen atoms in total. The molecule has 0 saturated carbocycles. The van der Waals surface area contributed by atoms with E-state index in [1.54, 1.807) is 24.7 Å². The van der Waals surface area contributed by atoms with Crippen LogP contribution in [0.15, 0.2) is 67.1 Å². The highest BCUT2D eigenvalue weighted by Crippen LogP contribution is 2.29. The van der Waals surface area contributed by atoms with Crippen LogP contribution >= 0.6 is 0 Å². The molecular formula is C22H24N4O. The van der Waals surface area contributed by atoms with Crippen LogP contribution in [0.3, 0.4) is 0 Å². The van der Waals surface area contributed by atoms with Crippen molar-refractivity contribution in [3.63, 3.8) is 0 Å². The van der Waals surface area contributed by atoms with Crippen LogP contribution in [0.4, 0.5) is 11.4 Å². The van der Waals surface area contributed by atoms with E-state index >= 15 is 0 Å². The largest absolute Gasteiger partial charge is 0.381 e. The maximum atomic E-state index is 12.7. The number of rotatable bonds is 5. The summed E-state index contributed by atoms with van der Waals surface area (Å²) < 4.78 is 0. The number of nitrogens with zero attached hydrogens (tertiary/aromatic N) is 2. The van der Waals surface area contributed by atoms with E-state index in [4.69, 9.17) is 0 Å². The van der Waals surface area contributed by atoms with Gasteiger partial charge < -0.3 is 10.6 Å². The molecule has 0 aliphatic heterocycles. The van der Waals surface area contributed by atoms with Gasteiger partial charge in [0.1, 0.15) is 5.69 Å². The van der Waals surface area contributed by atoms with Gasteiger partial charge in [0.15, 0.2) is 0 Å². The minimum atomic E-state index is -0.223. The van der Waals surface area contributed by atoms with E-state index in [-0.39, 0.29) is 11.3 Å². The number of aromatic nitrogens is 2. The summed E-state index contributed by atoms with van der Waals surface area (Å²) in [6.45, 7) is 7.03. The van der Waals surface area contributed by atoms with E-state index in [1.165, 1.54) is 0 Å². The minimum absolute atomic E-state index is 0.0642. The van der Waals surface area contributed by atoms with Gasteiger partial charge in [0.25, 0.3) is 5.91 Å². The van der Waals surface area contributed by atoms with Crippen LogP contribution in [0.2, 0.25) is 0 Å². The first-order chi connectivity index (χ1) is 12.9. The molecule has 1 aromatic carbocycles. The minimum Gasteiger partial charge on any atom is -0.381 e. The van der Waals surface area contributed by atoms with Gasteiger partial charge in [-0.2, -0.15) is 0 Å². The van der Waals surface area contributed by atoms with Crippen LogP contribution in [-0.2, 0) is 12.0 Å². The van der Waals surface area contributed by atoms with E-state index < -0.39 is 0 Å². The molecule has 27 heavy (non-hydrogen) atoms. The molecule has 5 heteroatoms. The van der Waals surface area contributed by atoms with Crippen LogP contribution in [-0.4, -0.2) is 15.9 Å². The van der Waals surface area contributed by atoms with E-state index in [1.807, 2.05) is 42.5 Å². The predicted octanol–water partition coefficient (Wildman–Crippen LogP) is 4.64. The molecular weight excluding hydrogens is 336 g/mol.